The molecule has 1 saturated heterocycles. The number of carbonyl (C=O) groups is 2. The smallest absolute Gasteiger partial charge is 0.410 e. The van der Waals surface area contributed by atoms with Crippen LogP contribution in [0.4, 0.5) is 4.79 Å². The molecule has 0 aliphatic carbocycles. The molecule has 1 aliphatic rings. The monoisotopic (exact) mass is 383 g/mol. The molecule has 2 rings (SSSR count). The SMILES string of the molecule is CC(C)(C)OC(=O)N1CCOCC1CC(=O)c1ccc(Br)cc1. The van der Waals surface area contributed by atoms with E-state index in [0.717, 1.165) is 4.47 Å². The van der Waals surface area contributed by atoms with Crippen LogP contribution in [0.25, 0.3) is 0 Å². The Labute approximate surface area is 145 Å². The summed E-state index contributed by atoms with van der Waals surface area (Å²) in [4.78, 5) is 26.3. The fourth-order valence-electron chi connectivity index (χ4n) is 2.35. The van der Waals surface area contributed by atoms with Gasteiger partial charge in [-0.05, 0) is 32.9 Å². The molecule has 1 aromatic carbocycles. The molecule has 0 spiro atoms. The van der Waals surface area contributed by atoms with Crippen LogP contribution in [0.5, 0.6) is 0 Å². The molecule has 0 N–H and O–H groups in total. The van der Waals surface area contributed by atoms with Crippen LogP contribution >= 0.6 is 15.9 Å². The predicted octanol–water partition coefficient (Wildman–Crippen LogP) is 3.66. The van der Waals surface area contributed by atoms with Crippen LogP contribution in [0.2, 0.25) is 0 Å². The lowest BCUT2D eigenvalue weighted by Gasteiger charge is -2.36. The van der Waals surface area contributed by atoms with Crippen molar-refractivity contribution in [3.63, 3.8) is 0 Å². The van der Waals surface area contributed by atoms with Crippen molar-refractivity contribution in [2.45, 2.75) is 38.8 Å². The van der Waals surface area contributed by atoms with Crippen LogP contribution in [-0.4, -0.2) is 48.2 Å². The number of hydrogen-bond donors (Lipinski definition) is 0. The highest BCUT2D eigenvalue weighted by Gasteiger charge is 2.32. The van der Waals surface area contributed by atoms with E-state index in [2.05, 4.69) is 15.9 Å². The second-order valence-electron chi connectivity index (χ2n) is 6.54. The van der Waals surface area contributed by atoms with Crippen molar-refractivity contribution in [1.82, 2.24) is 4.90 Å². The molecule has 1 amide bonds. The first-order chi connectivity index (χ1) is 10.8. The third-order valence-electron chi connectivity index (χ3n) is 3.44. The van der Waals surface area contributed by atoms with Gasteiger partial charge in [0, 0.05) is 23.0 Å². The fourth-order valence-corrected chi connectivity index (χ4v) is 2.62. The molecule has 0 bridgehead atoms. The second-order valence-corrected chi connectivity index (χ2v) is 7.45. The maximum absolute atomic E-state index is 12.4. The number of amides is 1. The highest BCUT2D eigenvalue weighted by molar-refractivity contribution is 9.10. The molecule has 6 heteroatoms. The average Bonchev–Trinajstić information content (AvgIpc) is 2.46. The first-order valence-electron chi connectivity index (χ1n) is 7.62. The number of ketones is 1. The first kappa shape index (κ1) is 17.9. The van der Waals surface area contributed by atoms with E-state index in [0.29, 0.717) is 25.3 Å². The third-order valence-corrected chi connectivity index (χ3v) is 3.97. The Morgan fingerprint density at radius 2 is 1.96 bits per heavy atom. The summed E-state index contributed by atoms with van der Waals surface area (Å²) < 4.78 is 11.8. The minimum absolute atomic E-state index is 0.0124. The molecule has 1 unspecified atom stereocenters. The number of benzene rings is 1. The van der Waals surface area contributed by atoms with Crippen LogP contribution in [0.1, 0.15) is 37.6 Å². The van der Waals surface area contributed by atoms with Crippen molar-refractivity contribution in [2.75, 3.05) is 19.8 Å². The average molecular weight is 384 g/mol. The largest absolute Gasteiger partial charge is 0.444 e. The van der Waals surface area contributed by atoms with E-state index in [9.17, 15) is 9.59 Å². The number of ether oxygens (including phenoxy) is 2. The van der Waals surface area contributed by atoms with Crippen LogP contribution in [0.15, 0.2) is 28.7 Å². The normalized spacial score (nSPS) is 18.6. The summed E-state index contributed by atoms with van der Waals surface area (Å²) in [5, 5.41) is 0. The van der Waals surface area contributed by atoms with E-state index < -0.39 is 11.7 Å². The van der Waals surface area contributed by atoms with E-state index in [1.165, 1.54) is 0 Å². The maximum atomic E-state index is 12.4. The lowest BCUT2D eigenvalue weighted by atomic mass is 10.0. The molecule has 0 radical (unpaired) electrons. The quantitative estimate of drug-likeness (QED) is 0.747. The van der Waals surface area contributed by atoms with Crippen LogP contribution in [-0.2, 0) is 9.47 Å². The molecular weight excluding hydrogens is 362 g/mol. The molecule has 1 atom stereocenters. The topological polar surface area (TPSA) is 55.8 Å². The molecule has 0 aromatic heterocycles. The lowest BCUT2D eigenvalue weighted by Crippen LogP contribution is -2.51. The Balaban J connectivity index is 2.04. The van der Waals surface area contributed by atoms with Gasteiger partial charge >= 0.3 is 6.09 Å². The van der Waals surface area contributed by atoms with Gasteiger partial charge in [0.2, 0.25) is 0 Å². The minimum atomic E-state index is -0.560. The zero-order chi connectivity index (χ0) is 17.0. The second kappa shape index (κ2) is 7.45. The zero-order valence-corrected chi connectivity index (χ0v) is 15.3. The number of halogens is 1. The molecule has 1 heterocycles. The van der Waals surface area contributed by atoms with Gasteiger partial charge in [0.25, 0.3) is 0 Å². The number of rotatable bonds is 3. The molecule has 5 nitrogen and oxygen atoms in total. The lowest BCUT2D eigenvalue weighted by molar-refractivity contribution is -0.0322. The summed E-state index contributed by atoms with van der Waals surface area (Å²) in [6.45, 7) is 6.73. The van der Waals surface area contributed by atoms with E-state index >= 15 is 0 Å². The van der Waals surface area contributed by atoms with Gasteiger partial charge in [-0.3, -0.25) is 4.79 Å². The van der Waals surface area contributed by atoms with Gasteiger partial charge in [-0.1, -0.05) is 28.1 Å². The fraction of sp³-hybridized carbons (Fsp3) is 0.529. The first-order valence-corrected chi connectivity index (χ1v) is 8.42. The standard InChI is InChI=1S/C17H22BrNO4/c1-17(2,3)23-16(21)19-8-9-22-11-14(19)10-15(20)12-4-6-13(18)7-5-12/h4-7,14H,8-11H2,1-3H3. The van der Waals surface area contributed by atoms with Gasteiger partial charge in [0.1, 0.15) is 5.60 Å². The molecule has 0 saturated carbocycles. The third kappa shape index (κ3) is 5.32. The maximum Gasteiger partial charge on any atom is 0.410 e. The van der Waals surface area contributed by atoms with E-state index in [1.54, 1.807) is 17.0 Å². The van der Waals surface area contributed by atoms with E-state index in [1.807, 2.05) is 32.9 Å². The number of nitrogens with zero attached hydrogens (tertiary/aromatic N) is 1. The highest BCUT2D eigenvalue weighted by Crippen LogP contribution is 2.19. The summed E-state index contributed by atoms with van der Waals surface area (Å²) in [7, 11) is 0. The minimum Gasteiger partial charge on any atom is -0.444 e. The summed E-state index contributed by atoms with van der Waals surface area (Å²) in [5.74, 6) is -0.0124. The van der Waals surface area contributed by atoms with Gasteiger partial charge in [-0.15, -0.1) is 0 Å². The summed E-state index contributed by atoms with van der Waals surface area (Å²) >= 11 is 3.35. The van der Waals surface area contributed by atoms with Crippen molar-refractivity contribution >= 4 is 27.8 Å². The summed E-state index contributed by atoms with van der Waals surface area (Å²) in [5.41, 5.74) is 0.0678. The molecule has 23 heavy (non-hydrogen) atoms. The van der Waals surface area contributed by atoms with Crippen molar-refractivity contribution < 1.29 is 19.1 Å². The van der Waals surface area contributed by atoms with Gasteiger partial charge in [0.15, 0.2) is 5.78 Å². The number of morpholine rings is 1. The van der Waals surface area contributed by atoms with Gasteiger partial charge in [-0.2, -0.15) is 0 Å². The Kier molecular flexibility index (Phi) is 5.81. The predicted molar refractivity (Wildman–Crippen MR) is 90.6 cm³/mol. The van der Waals surface area contributed by atoms with Crippen molar-refractivity contribution in [3.05, 3.63) is 34.3 Å². The van der Waals surface area contributed by atoms with Crippen molar-refractivity contribution in [3.8, 4) is 0 Å². The van der Waals surface area contributed by atoms with Crippen molar-refractivity contribution in [1.29, 1.82) is 0 Å². The van der Waals surface area contributed by atoms with Gasteiger partial charge in [0.05, 0.1) is 19.3 Å². The van der Waals surface area contributed by atoms with Crippen molar-refractivity contribution in [2.24, 2.45) is 0 Å². The number of Topliss-reactive ketones (excluding diaryl/α,β-unsaturated/α-hetero) is 1. The zero-order valence-electron chi connectivity index (χ0n) is 13.7. The molecule has 1 aromatic rings. The number of carbonyl (C=O) groups excluding carboxylic acids is 2. The van der Waals surface area contributed by atoms with E-state index in [4.69, 9.17) is 9.47 Å². The molecule has 1 aliphatic heterocycles. The summed E-state index contributed by atoms with van der Waals surface area (Å²) in [6.07, 6.45) is -0.171. The van der Waals surface area contributed by atoms with E-state index in [-0.39, 0.29) is 18.2 Å². The molecule has 126 valence electrons. The number of hydrogen-bond acceptors (Lipinski definition) is 4. The van der Waals surface area contributed by atoms with Crippen LogP contribution in [0.3, 0.4) is 0 Å². The Bertz CT molecular complexity index is 565. The Hall–Kier alpha value is -1.40. The Morgan fingerprint density at radius 3 is 2.57 bits per heavy atom. The highest BCUT2D eigenvalue weighted by atomic mass is 79.9. The van der Waals surface area contributed by atoms with Gasteiger partial charge < -0.3 is 14.4 Å². The van der Waals surface area contributed by atoms with Gasteiger partial charge in [-0.25, -0.2) is 4.79 Å². The molecular formula is C17H22BrNO4. The summed E-state index contributed by atoms with van der Waals surface area (Å²) in [6, 6.07) is 6.91. The van der Waals surface area contributed by atoms with Crippen LogP contribution < -0.4 is 0 Å². The molecule has 1 fully saturated rings. The van der Waals surface area contributed by atoms with Crippen LogP contribution in [0, 0.1) is 0 Å². The Morgan fingerprint density at radius 1 is 1.30 bits per heavy atom.